The first-order valence-electron chi connectivity index (χ1n) is 4.99. The van der Waals surface area contributed by atoms with Crippen molar-refractivity contribution in [2.75, 3.05) is 0 Å². The van der Waals surface area contributed by atoms with Crippen LogP contribution in [0.4, 0.5) is 0 Å². The summed E-state index contributed by atoms with van der Waals surface area (Å²) in [6.07, 6.45) is 5.26. The normalized spacial score (nSPS) is 9.44. The summed E-state index contributed by atoms with van der Waals surface area (Å²) < 4.78 is 5.53. The van der Waals surface area contributed by atoms with Crippen LogP contribution in [-0.2, 0) is 6.61 Å². The maximum Gasteiger partial charge on any atom is 0.214 e. The van der Waals surface area contributed by atoms with Gasteiger partial charge in [0, 0.05) is 6.07 Å². The van der Waals surface area contributed by atoms with Crippen molar-refractivity contribution in [1.29, 1.82) is 0 Å². The van der Waals surface area contributed by atoms with E-state index in [9.17, 15) is 0 Å². The molecule has 1 heterocycles. The third kappa shape index (κ3) is 2.61. The molecular weight excluding hydrogens is 198 g/mol. The molecule has 0 aliphatic heterocycles. The Morgan fingerprint density at radius 3 is 2.62 bits per heavy atom. The number of pyridine rings is 1. The number of aromatic nitrogens is 1. The number of nitrogens with zero attached hydrogens (tertiary/aromatic N) is 1. The van der Waals surface area contributed by atoms with Crippen molar-refractivity contribution >= 4 is 0 Å². The lowest BCUT2D eigenvalue weighted by Gasteiger charge is -2.05. The van der Waals surface area contributed by atoms with Crippen LogP contribution in [0, 0.1) is 12.3 Å². The highest BCUT2D eigenvalue weighted by molar-refractivity contribution is 5.28. The van der Waals surface area contributed by atoms with E-state index in [1.54, 1.807) is 12.1 Å². The van der Waals surface area contributed by atoms with Crippen molar-refractivity contribution in [2.24, 2.45) is 0 Å². The third-order valence-electron chi connectivity index (χ3n) is 2.10. The fourth-order valence-electron chi connectivity index (χ4n) is 1.31. The summed E-state index contributed by atoms with van der Waals surface area (Å²) in [5.41, 5.74) is 1.70. The summed E-state index contributed by atoms with van der Waals surface area (Å²) in [6, 6.07) is 15.3. The monoisotopic (exact) mass is 209 g/mol. The molecule has 0 fully saturated rings. The van der Waals surface area contributed by atoms with Gasteiger partial charge in [0.05, 0.1) is 0 Å². The van der Waals surface area contributed by atoms with Crippen LogP contribution in [0.3, 0.4) is 0 Å². The maximum absolute atomic E-state index is 5.53. The molecule has 1 aromatic heterocycles. The largest absolute Gasteiger partial charge is 0.473 e. The first-order valence-corrected chi connectivity index (χ1v) is 4.99. The smallest absolute Gasteiger partial charge is 0.214 e. The lowest BCUT2D eigenvalue weighted by atomic mass is 10.2. The second kappa shape index (κ2) is 4.99. The lowest BCUT2D eigenvalue weighted by Crippen LogP contribution is -1.97. The number of benzene rings is 1. The van der Waals surface area contributed by atoms with Crippen molar-refractivity contribution in [3.05, 3.63) is 59.8 Å². The average Bonchev–Trinajstić information content (AvgIpc) is 2.38. The van der Waals surface area contributed by atoms with E-state index in [1.807, 2.05) is 36.4 Å². The van der Waals surface area contributed by atoms with Crippen LogP contribution in [0.25, 0.3) is 0 Å². The Kier molecular flexibility index (Phi) is 3.20. The number of hydrogen-bond donors (Lipinski definition) is 0. The molecule has 16 heavy (non-hydrogen) atoms. The molecule has 0 bridgehead atoms. The molecular formula is C14H11NO. The van der Waals surface area contributed by atoms with E-state index in [0.717, 1.165) is 5.56 Å². The highest BCUT2D eigenvalue weighted by Gasteiger charge is 1.97. The molecule has 2 heteroatoms. The molecule has 2 aromatic rings. The molecule has 0 unspecified atom stereocenters. The summed E-state index contributed by atoms with van der Waals surface area (Å²) in [5, 5.41) is 0. The van der Waals surface area contributed by atoms with Crippen molar-refractivity contribution in [1.82, 2.24) is 4.98 Å². The van der Waals surface area contributed by atoms with Crippen molar-refractivity contribution in [3.8, 4) is 18.2 Å². The molecule has 0 aliphatic rings. The van der Waals surface area contributed by atoms with E-state index in [0.29, 0.717) is 18.2 Å². The molecule has 78 valence electrons. The molecule has 2 nitrogen and oxygen atoms in total. The van der Waals surface area contributed by atoms with E-state index < -0.39 is 0 Å². The van der Waals surface area contributed by atoms with E-state index >= 15 is 0 Å². The van der Waals surface area contributed by atoms with Crippen LogP contribution in [0.1, 0.15) is 11.3 Å². The maximum atomic E-state index is 5.53. The molecule has 0 aliphatic carbocycles. The van der Waals surface area contributed by atoms with Crippen LogP contribution in [0.2, 0.25) is 0 Å². The highest BCUT2D eigenvalue weighted by atomic mass is 16.5. The fraction of sp³-hybridized carbons (Fsp3) is 0.0714. The second-order valence-corrected chi connectivity index (χ2v) is 3.28. The molecule has 0 saturated heterocycles. The van der Waals surface area contributed by atoms with Gasteiger partial charge in [-0.3, -0.25) is 0 Å². The zero-order valence-electron chi connectivity index (χ0n) is 8.76. The van der Waals surface area contributed by atoms with Crippen LogP contribution in [0.5, 0.6) is 5.88 Å². The van der Waals surface area contributed by atoms with Gasteiger partial charge in [0.15, 0.2) is 0 Å². The van der Waals surface area contributed by atoms with Gasteiger partial charge in [0.1, 0.15) is 12.3 Å². The zero-order chi connectivity index (χ0) is 11.2. The summed E-state index contributed by atoms with van der Waals surface area (Å²) in [7, 11) is 0. The fourth-order valence-corrected chi connectivity index (χ4v) is 1.31. The van der Waals surface area contributed by atoms with Gasteiger partial charge >= 0.3 is 0 Å². The zero-order valence-corrected chi connectivity index (χ0v) is 8.76. The Morgan fingerprint density at radius 2 is 1.88 bits per heavy atom. The van der Waals surface area contributed by atoms with Gasteiger partial charge in [-0.15, -0.1) is 6.42 Å². The van der Waals surface area contributed by atoms with E-state index in [2.05, 4.69) is 10.9 Å². The Balaban J connectivity index is 2.03. The quantitative estimate of drug-likeness (QED) is 0.725. The van der Waals surface area contributed by atoms with Gasteiger partial charge in [-0.05, 0) is 11.6 Å². The lowest BCUT2D eigenvalue weighted by molar-refractivity contribution is 0.293. The standard InChI is InChI=1S/C14H11NO/c1-2-13-9-6-10-14(15-13)16-11-12-7-4-3-5-8-12/h1,3-10H,11H2. The van der Waals surface area contributed by atoms with Crippen molar-refractivity contribution < 1.29 is 4.74 Å². The van der Waals surface area contributed by atoms with E-state index in [4.69, 9.17) is 11.2 Å². The van der Waals surface area contributed by atoms with Gasteiger partial charge in [0.2, 0.25) is 5.88 Å². The van der Waals surface area contributed by atoms with Crippen LogP contribution >= 0.6 is 0 Å². The minimum Gasteiger partial charge on any atom is -0.473 e. The summed E-state index contributed by atoms with van der Waals surface area (Å²) in [5.74, 6) is 3.03. The predicted molar refractivity (Wildman–Crippen MR) is 62.9 cm³/mol. The van der Waals surface area contributed by atoms with Crippen LogP contribution in [0.15, 0.2) is 48.5 Å². The number of rotatable bonds is 3. The van der Waals surface area contributed by atoms with Gasteiger partial charge in [-0.1, -0.05) is 42.3 Å². The Hall–Kier alpha value is -2.27. The minimum atomic E-state index is 0.502. The first kappa shape index (κ1) is 10.3. The minimum absolute atomic E-state index is 0.502. The molecule has 0 atom stereocenters. The van der Waals surface area contributed by atoms with Gasteiger partial charge < -0.3 is 4.74 Å². The molecule has 0 N–H and O–H groups in total. The highest BCUT2D eigenvalue weighted by Crippen LogP contribution is 2.09. The predicted octanol–water partition coefficient (Wildman–Crippen LogP) is 2.64. The summed E-state index contributed by atoms with van der Waals surface area (Å²) in [6.45, 7) is 0.502. The molecule has 1 aromatic carbocycles. The third-order valence-corrected chi connectivity index (χ3v) is 2.10. The molecule has 0 saturated carbocycles. The van der Waals surface area contributed by atoms with Gasteiger partial charge in [0.25, 0.3) is 0 Å². The van der Waals surface area contributed by atoms with Gasteiger partial charge in [-0.25, -0.2) is 4.98 Å². The Bertz CT molecular complexity index is 500. The Morgan fingerprint density at radius 1 is 1.06 bits per heavy atom. The SMILES string of the molecule is C#Cc1cccc(OCc2ccccc2)n1. The van der Waals surface area contributed by atoms with E-state index in [1.165, 1.54) is 0 Å². The van der Waals surface area contributed by atoms with Gasteiger partial charge in [-0.2, -0.15) is 0 Å². The number of terminal acetylenes is 1. The van der Waals surface area contributed by atoms with Crippen LogP contribution in [-0.4, -0.2) is 4.98 Å². The summed E-state index contributed by atoms with van der Waals surface area (Å²) >= 11 is 0. The molecule has 0 amide bonds. The molecule has 0 spiro atoms. The second-order valence-electron chi connectivity index (χ2n) is 3.28. The van der Waals surface area contributed by atoms with Crippen LogP contribution < -0.4 is 4.74 Å². The number of hydrogen-bond acceptors (Lipinski definition) is 2. The Labute approximate surface area is 94.9 Å². The number of ether oxygens (including phenoxy) is 1. The van der Waals surface area contributed by atoms with Crippen molar-refractivity contribution in [3.63, 3.8) is 0 Å². The first-order chi connectivity index (χ1) is 7.88. The average molecular weight is 209 g/mol. The van der Waals surface area contributed by atoms with Crippen molar-refractivity contribution in [2.45, 2.75) is 6.61 Å². The summed E-state index contributed by atoms with van der Waals surface area (Å²) in [4.78, 5) is 4.15. The topological polar surface area (TPSA) is 22.1 Å². The molecule has 2 rings (SSSR count). The van der Waals surface area contributed by atoms with E-state index in [-0.39, 0.29) is 0 Å². The molecule has 0 radical (unpaired) electrons.